The summed E-state index contributed by atoms with van der Waals surface area (Å²) in [4.78, 5) is 22.8. The van der Waals surface area contributed by atoms with Crippen molar-refractivity contribution in [1.82, 2.24) is 15.6 Å². The van der Waals surface area contributed by atoms with Gasteiger partial charge in [-0.25, -0.2) is 9.78 Å². The van der Waals surface area contributed by atoms with E-state index >= 15 is 0 Å². The first-order valence-corrected chi connectivity index (χ1v) is 10.6. The van der Waals surface area contributed by atoms with E-state index in [1.165, 1.54) is 7.11 Å². The number of guanidine groups is 1. The average molecular weight is 430 g/mol. The number of pyridine rings is 1. The Balaban J connectivity index is 1.53. The molecule has 1 aromatic heterocycles. The van der Waals surface area contributed by atoms with Gasteiger partial charge in [-0.1, -0.05) is 23.7 Å². The van der Waals surface area contributed by atoms with Crippen LogP contribution in [0.3, 0.4) is 0 Å². The van der Waals surface area contributed by atoms with Crippen LogP contribution in [-0.4, -0.2) is 56.2 Å². The van der Waals surface area contributed by atoms with E-state index in [0.29, 0.717) is 17.1 Å². The first-order valence-electron chi connectivity index (χ1n) is 10.2. The molecule has 7 nitrogen and oxygen atoms in total. The lowest BCUT2D eigenvalue weighted by molar-refractivity contribution is 0.0600. The van der Waals surface area contributed by atoms with Crippen LogP contribution in [0.25, 0.3) is 0 Å². The van der Waals surface area contributed by atoms with Crippen molar-refractivity contribution in [3.8, 4) is 0 Å². The first kappa shape index (κ1) is 21.9. The number of nitrogens with zero attached hydrogens (tertiary/aromatic N) is 3. The number of benzene rings is 1. The highest BCUT2D eigenvalue weighted by molar-refractivity contribution is 6.32. The van der Waals surface area contributed by atoms with Crippen molar-refractivity contribution in [2.75, 3.05) is 38.2 Å². The minimum atomic E-state index is -0.323. The summed E-state index contributed by atoms with van der Waals surface area (Å²) >= 11 is 6.28. The summed E-state index contributed by atoms with van der Waals surface area (Å²) in [5, 5.41) is 7.51. The van der Waals surface area contributed by atoms with Crippen molar-refractivity contribution in [1.29, 1.82) is 0 Å². The number of methoxy groups -OCH3 is 1. The quantitative estimate of drug-likeness (QED) is 0.400. The number of nitrogens with one attached hydrogen (secondary N) is 2. The number of hydrogen-bond acceptors (Lipinski definition) is 5. The number of hydrogen-bond donors (Lipinski definition) is 2. The van der Waals surface area contributed by atoms with Gasteiger partial charge >= 0.3 is 5.97 Å². The third kappa shape index (κ3) is 5.86. The maximum Gasteiger partial charge on any atom is 0.337 e. The Kier molecular flexibility index (Phi) is 7.90. The molecule has 30 heavy (non-hydrogen) atoms. The van der Waals surface area contributed by atoms with Crippen molar-refractivity contribution in [3.63, 3.8) is 0 Å². The van der Waals surface area contributed by atoms with Crippen molar-refractivity contribution in [3.05, 3.63) is 58.7 Å². The molecule has 1 atom stereocenters. The van der Waals surface area contributed by atoms with Crippen molar-refractivity contribution in [2.45, 2.75) is 25.8 Å². The summed E-state index contributed by atoms with van der Waals surface area (Å²) in [5.41, 5.74) is 1.68. The fraction of sp³-hybridized carbons (Fsp3) is 0.409. The van der Waals surface area contributed by atoms with Gasteiger partial charge in [0, 0.05) is 38.4 Å². The van der Waals surface area contributed by atoms with Gasteiger partial charge in [0.05, 0.1) is 17.7 Å². The van der Waals surface area contributed by atoms with E-state index in [1.807, 2.05) is 24.3 Å². The van der Waals surface area contributed by atoms with E-state index in [0.717, 1.165) is 49.8 Å². The Morgan fingerprint density at radius 3 is 2.83 bits per heavy atom. The highest BCUT2D eigenvalue weighted by Crippen LogP contribution is 2.25. The summed E-state index contributed by atoms with van der Waals surface area (Å²) in [6.45, 7) is 5.23. The van der Waals surface area contributed by atoms with Gasteiger partial charge in [-0.05, 0) is 49.6 Å². The molecule has 0 bridgehead atoms. The molecule has 2 heterocycles. The summed E-state index contributed by atoms with van der Waals surface area (Å²) < 4.78 is 4.73. The second kappa shape index (κ2) is 10.8. The average Bonchev–Trinajstić information content (AvgIpc) is 3.22. The van der Waals surface area contributed by atoms with E-state index in [4.69, 9.17) is 21.3 Å². The Hall–Kier alpha value is -2.80. The predicted molar refractivity (Wildman–Crippen MR) is 120 cm³/mol. The highest BCUT2D eigenvalue weighted by Gasteiger charge is 2.25. The normalized spacial score (nSPS) is 16.4. The third-order valence-corrected chi connectivity index (χ3v) is 5.25. The van der Waals surface area contributed by atoms with Crippen LogP contribution in [0.4, 0.5) is 5.82 Å². The van der Waals surface area contributed by atoms with Gasteiger partial charge in [0.1, 0.15) is 5.82 Å². The van der Waals surface area contributed by atoms with Gasteiger partial charge in [0.2, 0.25) is 0 Å². The number of carbonyl (C=O) groups is 1. The fourth-order valence-electron chi connectivity index (χ4n) is 3.42. The molecule has 0 spiro atoms. The molecule has 1 fully saturated rings. The standard InChI is InChI=1S/C22H28ClN5O2/c1-3-24-22(26-13-10-16-6-8-17(9-7-16)21(29)30-2)27-18-11-14-28(15-18)20-19(23)5-4-12-25-20/h4-9,12,18H,3,10-11,13-15H2,1-2H3,(H2,24,26,27). The molecule has 1 saturated heterocycles. The minimum absolute atomic E-state index is 0.278. The maximum absolute atomic E-state index is 11.5. The fourth-order valence-corrected chi connectivity index (χ4v) is 3.66. The molecule has 3 rings (SSSR count). The van der Waals surface area contributed by atoms with Crippen LogP contribution in [0, 0.1) is 0 Å². The summed E-state index contributed by atoms with van der Waals surface area (Å²) in [7, 11) is 1.38. The first-order chi connectivity index (χ1) is 14.6. The number of rotatable bonds is 7. The van der Waals surface area contributed by atoms with Gasteiger partial charge in [0.15, 0.2) is 5.96 Å². The van der Waals surface area contributed by atoms with E-state index in [2.05, 4.69) is 27.4 Å². The van der Waals surface area contributed by atoms with Gasteiger partial charge < -0.3 is 20.3 Å². The molecule has 1 aliphatic rings. The second-order valence-electron chi connectivity index (χ2n) is 7.08. The molecule has 0 aliphatic carbocycles. The number of ether oxygens (including phenoxy) is 1. The van der Waals surface area contributed by atoms with Crippen LogP contribution in [-0.2, 0) is 11.2 Å². The number of aromatic nitrogens is 1. The van der Waals surface area contributed by atoms with Crippen LogP contribution >= 0.6 is 11.6 Å². The SMILES string of the molecule is CCNC(=NCCc1ccc(C(=O)OC)cc1)NC1CCN(c2ncccc2Cl)C1. The molecule has 1 unspecified atom stereocenters. The third-order valence-electron chi connectivity index (χ3n) is 4.96. The zero-order valence-electron chi connectivity index (χ0n) is 17.4. The van der Waals surface area contributed by atoms with E-state index < -0.39 is 0 Å². The van der Waals surface area contributed by atoms with Crippen LogP contribution in [0.1, 0.15) is 29.3 Å². The van der Waals surface area contributed by atoms with Crippen molar-refractivity contribution < 1.29 is 9.53 Å². The smallest absolute Gasteiger partial charge is 0.337 e. The number of anilines is 1. The molecule has 2 N–H and O–H groups in total. The molecule has 8 heteroatoms. The number of esters is 1. The topological polar surface area (TPSA) is 78.8 Å². The van der Waals surface area contributed by atoms with Crippen molar-refractivity contribution in [2.24, 2.45) is 4.99 Å². The molecule has 0 amide bonds. The molecular weight excluding hydrogens is 402 g/mol. The Labute approximate surface area is 182 Å². The molecular formula is C22H28ClN5O2. The minimum Gasteiger partial charge on any atom is -0.465 e. The molecule has 2 aromatic rings. The zero-order chi connectivity index (χ0) is 21.3. The van der Waals surface area contributed by atoms with E-state index in [1.54, 1.807) is 18.3 Å². The summed E-state index contributed by atoms with van der Waals surface area (Å²) in [6, 6.07) is 11.4. The van der Waals surface area contributed by atoms with E-state index in [-0.39, 0.29) is 12.0 Å². The lowest BCUT2D eigenvalue weighted by Gasteiger charge is -2.20. The Morgan fingerprint density at radius 2 is 2.13 bits per heavy atom. The van der Waals surface area contributed by atoms with Crippen LogP contribution < -0.4 is 15.5 Å². The molecule has 160 valence electrons. The van der Waals surface area contributed by atoms with Crippen LogP contribution in [0.15, 0.2) is 47.6 Å². The van der Waals surface area contributed by atoms with Crippen LogP contribution in [0.5, 0.6) is 0 Å². The van der Waals surface area contributed by atoms with Gasteiger partial charge in [-0.15, -0.1) is 0 Å². The molecule has 1 aliphatic heterocycles. The number of aliphatic imine (C=N–C) groups is 1. The van der Waals surface area contributed by atoms with E-state index in [9.17, 15) is 4.79 Å². The monoisotopic (exact) mass is 429 g/mol. The summed E-state index contributed by atoms with van der Waals surface area (Å²) in [6.07, 6.45) is 3.55. The van der Waals surface area contributed by atoms with Crippen LogP contribution in [0.2, 0.25) is 5.02 Å². The lowest BCUT2D eigenvalue weighted by Crippen LogP contribution is -2.44. The predicted octanol–water partition coefficient (Wildman–Crippen LogP) is 2.90. The maximum atomic E-state index is 11.5. The summed E-state index contributed by atoms with van der Waals surface area (Å²) in [5.74, 6) is 1.32. The molecule has 1 aromatic carbocycles. The lowest BCUT2D eigenvalue weighted by atomic mass is 10.1. The van der Waals surface area contributed by atoms with Gasteiger partial charge in [0.25, 0.3) is 0 Å². The number of carbonyl (C=O) groups excluding carboxylic acids is 1. The Morgan fingerprint density at radius 1 is 1.33 bits per heavy atom. The molecule has 0 saturated carbocycles. The zero-order valence-corrected chi connectivity index (χ0v) is 18.2. The Bertz CT molecular complexity index is 872. The second-order valence-corrected chi connectivity index (χ2v) is 7.49. The largest absolute Gasteiger partial charge is 0.465 e. The number of halogens is 1. The van der Waals surface area contributed by atoms with Crippen molar-refractivity contribution >= 4 is 29.3 Å². The molecule has 0 radical (unpaired) electrons. The highest BCUT2D eigenvalue weighted by atomic mass is 35.5. The van der Waals surface area contributed by atoms with Gasteiger partial charge in [-0.2, -0.15) is 0 Å². The van der Waals surface area contributed by atoms with Gasteiger partial charge in [-0.3, -0.25) is 4.99 Å².